The lowest BCUT2D eigenvalue weighted by molar-refractivity contribution is -0.126. The Kier molecular flexibility index (Phi) is 7.02. The molecule has 1 aromatic carbocycles. The predicted molar refractivity (Wildman–Crippen MR) is 84.8 cm³/mol. The Labute approximate surface area is 129 Å². The van der Waals surface area contributed by atoms with Gasteiger partial charge in [0.1, 0.15) is 5.75 Å². The Balaban J connectivity index is 2.68. The van der Waals surface area contributed by atoms with Gasteiger partial charge in [0.05, 0.1) is 0 Å². The highest BCUT2D eigenvalue weighted by Gasteiger charge is 2.13. The van der Waals surface area contributed by atoms with Gasteiger partial charge in [-0.25, -0.2) is 0 Å². The predicted octanol–water partition coefficient (Wildman–Crippen LogP) is 2.71. The van der Waals surface area contributed by atoms with Gasteiger partial charge in [-0.15, -0.1) is 0 Å². The van der Waals surface area contributed by atoms with Gasteiger partial charge < -0.3 is 15.4 Å². The molecular weight excluding hydrogens is 320 g/mol. The molecule has 20 heavy (non-hydrogen) atoms. The van der Waals surface area contributed by atoms with Crippen molar-refractivity contribution in [3.63, 3.8) is 0 Å². The highest BCUT2D eigenvalue weighted by Crippen LogP contribution is 2.23. The first-order valence-electron chi connectivity index (χ1n) is 6.81. The first-order chi connectivity index (χ1) is 9.43. The third-order valence-electron chi connectivity index (χ3n) is 2.81. The number of ether oxygens (including phenoxy) is 1. The summed E-state index contributed by atoms with van der Waals surface area (Å²) >= 11 is 3.53. The Morgan fingerprint density at radius 1 is 1.35 bits per heavy atom. The number of amides is 1. The van der Waals surface area contributed by atoms with E-state index in [9.17, 15) is 4.79 Å². The first kappa shape index (κ1) is 17.0. The van der Waals surface area contributed by atoms with Crippen LogP contribution >= 0.6 is 15.9 Å². The van der Waals surface area contributed by atoms with E-state index in [-0.39, 0.29) is 5.91 Å². The number of benzene rings is 1. The van der Waals surface area contributed by atoms with Gasteiger partial charge in [-0.1, -0.05) is 29.8 Å². The van der Waals surface area contributed by atoms with Crippen molar-refractivity contribution < 1.29 is 9.53 Å². The standard InChI is InChI=1S/C15H23BrN2O2/c1-10(2)8-18-9-12-7-13(5-6-14(12)16)20-11(3)15(19)17-4/h5-7,10-11,18H,8-9H2,1-4H3,(H,17,19). The van der Waals surface area contributed by atoms with Crippen molar-refractivity contribution in [2.24, 2.45) is 5.92 Å². The summed E-state index contributed by atoms with van der Waals surface area (Å²) < 4.78 is 6.67. The number of halogens is 1. The van der Waals surface area contributed by atoms with E-state index in [4.69, 9.17) is 4.74 Å². The van der Waals surface area contributed by atoms with Crippen LogP contribution in [0.15, 0.2) is 22.7 Å². The zero-order valence-electron chi connectivity index (χ0n) is 12.5. The fourth-order valence-electron chi connectivity index (χ4n) is 1.72. The molecule has 0 heterocycles. The van der Waals surface area contributed by atoms with E-state index in [1.54, 1.807) is 14.0 Å². The smallest absolute Gasteiger partial charge is 0.260 e. The van der Waals surface area contributed by atoms with Gasteiger partial charge in [-0.3, -0.25) is 4.79 Å². The van der Waals surface area contributed by atoms with Gasteiger partial charge in [0.2, 0.25) is 0 Å². The molecule has 0 radical (unpaired) electrons. The van der Waals surface area contributed by atoms with Crippen molar-refractivity contribution in [1.82, 2.24) is 10.6 Å². The van der Waals surface area contributed by atoms with E-state index in [1.807, 2.05) is 18.2 Å². The number of rotatable bonds is 7. The highest BCUT2D eigenvalue weighted by atomic mass is 79.9. The lowest BCUT2D eigenvalue weighted by Gasteiger charge is -2.15. The van der Waals surface area contributed by atoms with Gasteiger partial charge in [0, 0.05) is 18.1 Å². The third-order valence-corrected chi connectivity index (χ3v) is 3.59. The molecule has 1 aromatic rings. The summed E-state index contributed by atoms with van der Waals surface area (Å²) in [4.78, 5) is 11.5. The fraction of sp³-hybridized carbons (Fsp3) is 0.533. The van der Waals surface area contributed by atoms with Crippen molar-refractivity contribution in [1.29, 1.82) is 0 Å². The minimum absolute atomic E-state index is 0.132. The molecule has 0 aromatic heterocycles. The summed E-state index contributed by atoms with van der Waals surface area (Å²) in [5, 5.41) is 5.96. The molecule has 0 spiro atoms. The van der Waals surface area contributed by atoms with Crippen LogP contribution in [0.2, 0.25) is 0 Å². The molecule has 112 valence electrons. The molecule has 0 aliphatic carbocycles. The molecule has 0 saturated carbocycles. The third kappa shape index (κ3) is 5.51. The van der Waals surface area contributed by atoms with E-state index in [0.717, 1.165) is 23.1 Å². The summed E-state index contributed by atoms with van der Waals surface area (Å²) in [5.41, 5.74) is 1.12. The Bertz CT molecular complexity index is 449. The fourth-order valence-corrected chi connectivity index (χ4v) is 2.10. The van der Waals surface area contributed by atoms with E-state index >= 15 is 0 Å². The maximum atomic E-state index is 11.5. The van der Waals surface area contributed by atoms with Crippen molar-refractivity contribution in [3.05, 3.63) is 28.2 Å². The van der Waals surface area contributed by atoms with Gasteiger partial charge in [0.15, 0.2) is 6.10 Å². The summed E-state index contributed by atoms with van der Waals surface area (Å²) in [5.74, 6) is 1.18. The summed E-state index contributed by atoms with van der Waals surface area (Å²) in [6, 6.07) is 5.75. The normalized spacial score (nSPS) is 12.3. The number of hydrogen-bond donors (Lipinski definition) is 2. The lowest BCUT2D eigenvalue weighted by atomic mass is 10.2. The van der Waals surface area contributed by atoms with E-state index in [0.29, 0.717) is 11.7 Å². The van der Waals surface area contributed by atoms with Gasteiger partial charge in [0.25, 0.3) is 5.91 Å². The molecule has 0 saturated heterocycles. The van der Waals surface area contributed by atoms with Crippen LogP contribution in [0.1, 0.15) is 26.3 Å². The van der Waals surface area contributed by atoms with Gasteiger partial charge >= 0.3 is 0 Å². The number of hydrogen-bond acceptors (Lipinski definition) is 3. The Hall–Kier alpha value is -1.07. The molecule has 5 heteroatoms. The van der Waals surface area contributed by atoms with Crippen LogP contribution in [0, 0.1) is 5.92 Å². The lowest BCUT2D eigenvalue weighted by Crippen LogP contribution is -2.33. The van der Waals surface area contributed by atoms with Gasteiger partial charge in [-0.05, 0) is 43.1 Å². The molecular formula is C15H23BrN2O2. The average molecular weight is 343 g/mol. The molecule has 1 rings (SSSR count). The van der Waals surface area contributed by atoms with Crippen molar-refractivity contribution in [2.75, 3.05) is 13.6 Å². The average Bonchev–Trinajstić information content (AvgIpc) is 2.40. The summed E-state index contributed by atoms with van der Waals surface area (Å²) in [7, 11) is 1.60. The highest BCUT2D eigenvalue weighted by molar-refractivity contribution is 9.10. The minimum Gasteiger partial charge on any atom is -0.481 e. The maximum Gasteiger partial charge on any atom is 0.260 e. The van der Waals surface area contributed by atoms with Crippen LogP contribution < -0.4 is 15.4 Å². The first-order valence-corrected chi connectivity index (χ1v) is 7.60. The topological polar surface area (TPSA) is 50.4 Å². The number of carbonyl (C=O) groups excluding carboxylic acids is 1. The molecule has 1 unspecified atom stereocenters. The van der Waals surface area contributed by atoms with Crippen molar-refractivity contribution in [3.8, 4) is 5.75 Å². The quantitative estimate of drug-likeness (QED) is 0.800. The molecule has 1 amide bonds. The maximum absolute atomic E-state index is 11.5. The van der Waals surface area contributed by atoms with E-state index in [1.165, 1.54) is 0 Å². The van der Waals surface area contributed by atoms with Crippen molar-refractivity contribution in [2.45, 2.75) is 33.4 Å². The second kappa shape index (κ2) is 8.27. The summed E-state index contributed by atoms with van der Waals surface area (Å²) in [6.45, 7) is 7.81. The second-order valence-electron chi connectivity index (χ2n) is 5.15. The molecule has 0 aliphatic heterocycles. The SMILES string of the molecule is CNC(=O)C(C)Oc1ccc(Br)c(CNCC(C)C)c1. The monoisotopic (exact) mass is 342 g/mol. The largest absolute Gasteiger partial charge is 0.481 e. The molecule has 4 nitrogen and oxygen atoms in total. The number of carbonyl (C=O) groups is 1. The van der Waals surface area contributed by atoms with Crippen molar-refractivity contribution >= 4 is 21.8 Å². The van der Waals surface area contributed by atoms with Crippen LogP contribution in [0.5, 0.6) is 5.75 Å². The zero-order valence-corrected chi connectivity index (χ0v) is 14.1. The molecule has 1 atom stereocenters. The molecule has 0 bridgehead atoms. The van der Waals surface area contributed by atoms with Crippen LogP contribution in [0.4, 0.5) is 0 Å². The summed E-state index contributed by atoms with van der Waals surface area (Å²) in [6.07, 6.45) is -0.502. The molecule has 2 N–H and O–H groups in total. The Morgan fingerprint density at radius 3 is 2.65 bits per heavy atom. The van der Waals surface area contributed by atoms with E-state index in [2.05, 4.69) is 40.4 Å². The zero-order chi connectivity index (χ0) is 15.1. The van der Waals surface area contributed by atoms with Crippen LogP contribution in [0.3, 0.4) is 0 Å². The van der Waals surface area contributed by atoms with Crippen LogP contribution in [0.25, 0.3) is 0 Å². The molecule has 0 fully saturated rings. The van der Waals surface area contributed by atoms with Crippen LogP contribution in [-0.2, 0) is 11.3 Å². The van der Waals surface area contributed by atoms with E-state index < -0.39 is 6.10 Å². The Morgan fingerprint density at radius 2 is 2.05 bits per heavy atom. The number of likely N-dealkylation sites (N-methyl/N-ethyl adjacent to an activating group) is 1. The molecule has 0 aliphatic rings. The second-order valence-corrected chi connectivity index (χ2v) is 6.01. The van der Waals surface area contributed by atoms with Gasteiger partial charge in [-0.2, -0.15) is 0 Å². The number of nitrogens with one attached hydrogen (secondary N) is 2. The minimum atomic E-state index is -0.502. The van der Waals surface area contributed by atoms with Crippen LogP contribution in [-0.4, -0.2) is 25.6 Å².